The van der Waals surface area contributed by atoms with Crippen LogP contribution >= 0.6 is 23.1 Å². The molecule has 21 heavy (non-hydrogen) atoms. The number of nitrogens with zero attached hydrogens (tertiary/aromatic N) is 1. The second-order valence-electron chi connectivity index (χ2n) is 4.43. The van der Waals surface area contributed by atoms with Gasteiger partial charge >= 0.3 is 0 Å². The number of carbonyl (C=O) groups excluding carboxylic acids is 1. The summed E-state index contributed by atoms with van der Waals surface area (Å²) >= 11 is 3.05. The Morgan fingerprint density at radius 2 is 1.86 bits per heavy atom. The van der Waals surface area contributed by atoms with Gasteiger partial charge in [0.1, 0.15) is 5.00 Å². The summed E-state index contributed by atoms with van der Waals surface area (Å²) in [6, 6.07) is 0. The van der Waals surface area contributed by atoms with Crippen molar-refractivity contribution >= 4 is 39.6 Å². The summed E-state index contributed by atoms with van der Waals surface area (Å²) in [6.45, 7) is 4.58. The summed E-state index contributed by atoms with van der Waals surface area (Å²) in [6.07, 6.45) is 2.45. The Labute approximate surface area is 134 Å². The van der Waals surface area contributed by atoms with Gasteiger partial charge in [0, 0.05) is 33.7 Å². The first-order valence-corrected chi connectivity index (χ1v) is 8.87. The van der Waals surface area contributed by atoms with E-state index in [-0.39, 0.29) is 5.78 Å². The Kier molecular flexibility index (Phi) is 8.10. The largest absolute Gasteiger partial charge is 0.396 e. The Hall–Kier alpha value is -0.760. The molecule has 0 atom stereocenters. The van der Waals surface area contributed by atoms with E-state index in [1.807, 2.05) is 13.2 Å². The number of methoxy groups -OCH3 is 2. The molecule has 2 N–H and O–H groups in total. The molecule has 1 heterocycles. The molecule has 0 bridgehead atoms. The van der Waals surface area contributed by atoms with Crippen LogP contribution in [-0.2, 0) is 9.47 Å². The van der Waals surface area contributed by atoms with E-state index in [1.165, 1.54) is 11.3 Å². The van der Waals surface area contributed by atoms with Crippen molar-refractivity contribution in [1.29, 1.82) is 0 Å². The van der Waals surface area contributed by atoms with Crippen LogP contribution in [0, 0.1) is 0 Å². The molecule has 0 saturated carbocycles. The maximum Gasteiger partial charge on any atom is 0.174 e. The van der Waals surface area contributed by atoms with Crippen LogP contribution in [0.4, 0.5) is 10.7 Å². The number of anilines is 2. The number of Topliss-reactive ketones (excluding diaryl/α,β-unsaturated/α-hetero) is 1. The van der Waals surface area contributed by atoms with Crippen molar-refractivity contribution in [2.24, 2.45) is 0 Å². The minimum Gasteiger partial charge on any atom is -0.396 e. The number of nitrogen functional groups attached to an aromatic ring is 1. The molecule has 0 aromatic carbocycles. The normalized spacial score (nSPS) is 10.9. The van der Waals surface area contributed by atoms with Crippen LogP contribution in [0.2, 0.25) is 0 Å². The standard InChI is InChI=1S/C14H24N2O3S2/c1-5-10(17)12-11(15)13(20-4)14(21-12)16(6-8-18-2)7-9-19-3/h5-9,15H2,1-4H3. The van der Waals surface area contributed by atoms with E-state index < -0.39 is 0 Å². The smallest absolute Gasteiger partial charge is 0.174 e. The zero-order valence-electron chi connectivity index (χ0n) is 13.1. The minimum absolute atomic E-state index is 0.0949. The maximum absolute atomic E-state index is 12.0. The van der Waals surface area contributed by atoms with Crippen molar-refractivity contribution in [1.82, 2.24) is 0 Å². The zero-order valence-corrected chi connectivity index (χ0v) is 14.7. The van der Waals surface area contributed by atoms with Gasteiger partial charge in [0.15, 0.2) is 5.78 Å². The molecule has 0 aliphatic rings. The molecule has 5 nitrogen and oxygen atoms in total. The van der Waals surface area contributed by atoms with Crippen molar-refractivity contribution in [2.45, 2.75) is 18.2 Å². The monoisotopic (exact) mass is 332 g/mol. The van der Waals surface area contributed by atoms with Crippen molar-refractivity contribution in [3.63, 3.8) is 0 Å². The molecular formula is C14H24N2O3S2. The van der Waals surface area contributed by atoms with Crippen molar-refractivity contribution in [3.05, 3.63) is 4.88 Å². The Balaban J connectivity index is 3.12. The lowest BCUT2D eigenvalue weighted by molar-refractivity contribution is 0.0992. The molecule has 0 unspecified atom stereocenters. The topological polar surface area (TPSA) is 64.8 Å². The number of hydrogen-bond acceptors (Lipinski definition) is 7. The van der Waals surface area contributed by atoms with Crippen LogP contribution in [0.3, 0.4) is 0 Å². The highest BCUT2D eigenvalue weighted by atomic mass is 32.2. The number of carbonyl (C=O) groups is 1. The third kappa shape index (κ3) is 4.60. The first-order valence-electron chi connectivity index (χ1n) is 6.82. The third-order valence-corrected chi connectivity index (χ3v) is 5.34. The Bertz CT molecular complexity index is 455. The van der Waals surface area contributed by atoms with Gasteiger partial charge in [0.25, 0.3) is 0 Å². The summed E-state index contributed by atoms with van der Waals surface area (Å²) in [5.74, 6) is 0.0949. The van der Waals surface area contributed by atoms with E-state index in [4.69, 9.17) is 15.2 Å². The molecule has 0 saturated heterocycles. The van der Waals surface area contributed by atoms with Crippen molar-refractivity contribution in [3.8, 4) is 0 Å². The number of ketones is 1. The number of nitrogens with two attached hydrogens (primary N) is 1. The average Bonchev–Trinajstić information content (AvgIpc) is 2.83. The van der Waals surface area contributed by atoms with Gasteiger partial charge in [-0.2, -0.15) is 0 Å². The van der Waals surface area contributed by atoms with Crippen LogP contribution < -0.4 is 10.6 Å². The van der Waals surface area contributed by atoms with Gasteiger partial charge in [-0.25, -0.2) is 0 Å². The molecule has 0 aliphatic heterocycles. The van der Waals surface area contributed by atoms with Gasteiger partial charge in [-0.15, -0.1) is 23.1 Å². The fourth-order valence-electron chi connectivity index (χ4n) is 1.91. The third-order valence-electron chi connectivity index (χ3n) is 3.08. The van der Waals surface area contributed by atoms with Crippen molar-refractivity contribution < 1.29 is 14.3 Å². The molecule has 1 aromatic heterocycles. The van der Waals surface area contributed by atoms with E-state index in [2.05, 4.69) is 4.90 Å². The molecule has 0 radical (unpaired) electrons. The van der Waals surface area contributed by atoms with Gasteiger partial charge < -0.3 is 20.1 Å². The van der Waals surface area contributed by atoms with E-state index >= 15 is 0 Å². The Morgan fingerprint density at radius 1 is 1.29 bits per heavy atom. The summed E-state index contributed by atoms with van der Waals surface area (Å²) in [7, 11) is 3.36. The number of ether oxygens (including phenoxy) is 2. The van der Waals surface area contributed by atoms with Gasteiger partial charge in [0.05, 0.1) is 28.7 Å². The van der Waals surface area contributed by atoms with E-state index in [0.29, 0.717) is 30.2 Å². The number of thioether (sulfide) groups is 1. The number of hydrogen-bond donors (Lipinski definition) is 1. The molecule has 0 aliphatic carbocycles. The predicted octanol–water partition coefficient (Wildman–Crippen LogP) is 2.74. The van der Waals surface area contributed by atoms with Crippen LogP contribution in [0.1, 0.15) is 23.0 Å². The summed E-state index contributed by atoms with van der Waals surface area (Å²) in [4.78, 5) is 15.8. The lowest BCUT2D eigenvalue weighted by Gasteiger charge is -2.23. The predicted molar refractivity (Wildman–Crippen MR) is 91.1 cm³/mol. The highest BCUT2D eigenvalue weighted by Crippen LogP contribution is 2.44. The minimum atomic E-state index is 0.0949. The van der Waals surface area contributed by atoms with E-state index in [1.54, 1.807) is 26.0 Å². The summed E-state index contributed by atoms with van der Waals surface area (Å²) in [5, 5.41) is 1.03. The molecule has 1 rings (SSSR count). The zero-order chi connectivity index (χ0) is 15.8. The second kappa shape index (κ2) is 9.30. The maximum atomic E-state index is 12.0. The SMILES string of the molecule is CCC(=O)c1sc(N(CCOC)CCOC)c(SC)c1N. The molecule has 7 heteroatoms. The van der Waals surface area contributed by atoms with E-state index in [0.717, 1.165) is 23.0 Å². The fraction of sp³-hybridized carbons (Fsp3) is 0.643. The highest BCUT2D eigenvalue weighted by Gasteiger charge is 2.23. The molecule has 0 fully saturated rings. The molecule has 120 valence electrons. The van der Waals surface area contributed by atoms with Crippen LogP contribution in [0.5, 0.6) is 0 Å². The first-order chi connectivity index (χ1) is 10.1. The summed E-state index contributed by atoms with van der Waals surface area (Å²) in [5.41, 5.74) is 6.77. The quantitative estimate of drug-likeness (QED) is 0.525. The van der Waals surface area contributed by atoms with E-state index in [9.17, 15) is 4.79 Å². The average molecular weight is 332 g/mol. The Morgan fingerprint density at radius 3 is 2.29 bits per heavy atom. The second-order valence-corrected chi connectivity index (χ2v) is 6.25. The molecule has 1 aromatic rings. The molecule has 0 amide bonds. The molecular weight excluding hydrogens is 308 g/mol. The number of rotatable bonds is 10. The van der Waals surface area contributed by atoms with Gasteiger partial charge in [-0.1, -0.05) is 6.92 Å². The lowest BCUT2D eigenvalue weighted by atomic mass is 10.2. The van der Waals surface area contributed by atoms with Gasteiger partial charge in [0.2, 0.25) is 0 Å². The highest BCUT2D eigenvalue weighted by molar-refractivity contribution is 7.99. The van der Waals surface area contributed by atoms with Gasteiger partial charge in [-0.05, 0) is 6.26 Å². The molecule has 0 spiro atoms. The van der Waals surface area contributed by atoms with Crippen LogP contribution in [-0.4, -0.2) is 52.6 Å². The van der Waals surface area contributed by atoms with Gasteiger partial charge in [-0.3, -0.25) is 4.79 Å². The van der Waals surface area contributed by atoms with Crippen LogP contribution in [0.15, 0.2) is 4.90 Å². The fourth-order valence-corrected chi connectivity index (χ4v) is 4.15. The van der Waals surface area contributed by atoms with Crippen molar-refractivity contribution in [2.75, 3.05) is 57.4 Å². The lowest BCUT2D eigenvalue weighted by Crippen LogP contribution is -2.30. The summed E-state index contributed by atoms with van der Waals surface area (Å²) < 4.78 is 10.3. The number of thiophene rings is 1. The first kappa shape index (κ1) is 18.3. The van der Waals surface area contributed by atoms with Crippen LogP contribution in [0.25, 0.3) is 0 Å².